The molecule has 1 aromatic heterocycles. The van der Waals surface area contributed by atoms with Gasteiger partial charge in [0.25, 0.3) is 0 Å². The zero-order valence-electron chi connectivity index (χ0n) is 8.79. The molecule has 5 heteroatoms. The van der Waals surface area contributed by atoms with Crippen LogP contribution < -0.4 is 10.6 Å². The Hall–Kier alpha value is -1.49. The normalized spacial score (nSPS) is 9.93. The third-order valence-electron chi connectivity index (χ3n) is 1.71. The number of amides is 2. The first kappa shape index (κ1) is 11.6. The molecule has 0 unspecified atom stereocenters. The largest absolute Gasteiger partial charge is 0.449 e. The van der Waals surface area contributed by atoms with E-state index < -0.39 is 0 Å². The van der Waals surface area contributed by atoms with Crippen LogP contribution in [-0.2, 0) is 4.74 Å². The number of rotatable bonds is 6. The third kappa shape index (κ3) is 5.07. The van der Waals surface area contributed by atoms with Crippen molar-refractivity contribution in [3.05, 3.63) is 18.4 Å². The summed E-state index contributed by atoms with van der Waals surface area (Å²) in [5.41, 5.74) is 0. The summed E-state index contributed by atoms with van der Waals surface area (Å²) in [6, 6.07) is 3.13. The first-order valence-corrected chi connectivity index (χ1v) is 4.99. The number of ether oxygens (including phenoxy) is 1. The van der Waals surface area contributed by atoms with Crippen LogP contribution in [-0.4, -0.2) is 25.8 Å². The van der Waals surface area contributed by atoms with Gasteiger partial charge in [0, 0.05) is 25.8 Å². The maximum Gasteiger partial charge on any atom is 0.321 e. The molecule has 0 aliphatic rings. The number of furan rings is 1. The fourth-order valence-corrected chi connectivity index (χ4v) is 1.03. The Morgan fingerprint density at radius 2 is 2.47 bits per heavy atom. The molecule has 0 bridgehead atoms. The van der Waals surface area contributed by atoms with E-state index in [-0.39, 0.29) is 6.03 Å². The number of hydrogen-bond donors (Lipinski definition) is 2. The fraction of sp³-hybridized carbons (Fsp3) is 0.500. The molecule has 2 amide bonds. The Kier molecular flexibility index (Phi) is 5.32. The van der Waals surface area contributed by atoms with Crippen molar-refractivity contribution in [3.8, 4) is 0 Å². The summed E-state index contributed by atoms with van der Waals surface area (Å²) in [5.74, 6) is 0.442. The van der Waals surface area contributed by atoms with E-state index in [9.17, 15) is 4.79 Å². The monoisotopic (exact) mass is 212 g/mol. The highest BCUT2D eigenvalue weighted by Gasteiger charge is 2.01. The van der Waals surface area contributed by atoms with Crippen molar-refractivity contribution >= 4 is 11.9 Å². The van der Waals surface area contributed by atoms with Gasteiger partial charge in [0.2, 0.25) is 5.88 Å². The van der Waals surface area contributed by atoms with Gasteiger partial charge in [0.05, 0.1) is 6.26 Å². The van der Waals surface area contributed by atoms with Gasteiger partial charge in [-0.2, -0.15) is 0 Å². The quantitative estimate of drug-likeness (QED) is 0.707. The summed E-state index contributed by atoms with van der Waals surface area (Å²) in [4.78, 5) is 11.2. The van der Waals surface area contributed by atoms with Crippen molar-refractivity contribution in [2.24, 2.45) is 0 Å². The molecular weight excluding hydrogens is 196 g/mol. The number of nitrogens with one attached hydrogen (secondary N) is 2. The minimum Gasteiger partial charge on any atom is -0.449 e. The average Bonchev–Trinajstić information content (AvgIpc) is 2.70. The Bertz CT molecular complexity index is 272. The van der Waals surface area contributed by atoms with Crippen molar-refractivity contribution in [1.29, 1.82) is 0 Å². The van der Waals surface area contributed by atoms with Crippen LogP contribution >= 0.6 is 0 Å². The zero-order chi connectivity index (χ0) is 10.9. The zero-order valence-corrected chi connectivity index (χ0v) is 8.79. The molecule has 0 saturated heterocycles. The molecule has 0 atom stereocenters. The average molecular weight is 212 g/mol. The maximum absolute atomic E-state index is 11.2. The lowest BCUT2D eigenvalue weighted by molar-refractivity contribution is 0.145. The van der Waals surface area contributed by atoms with Crippen molar-refractivity contribution in [3.63, 3.8) is 0 Å². The number of carbonyl (C=O) groups is 1. The summed E-state index contributed by atoms with van der Waals surface area (Å²) in [6.45, 7) is 3.90. The van der Waals surface area contributed by atoms with Gasteiger partial charge >= 0.3 is 6.03 Å². The van der Waals surface area contributed by atoms with Crippen LogP contribution in [0.25, 0.3) is 0 Å². The Morgan fingerprint density at radius 1 is 1.60 bits per heavy atom. The van der Waals surface area contributed by atoms with Crippen molar-refractivity contribution in [1.82, 2.24) is 5.32 Å². The van der Waals surface area contributed by atoms with E-state index in [1.807, 2.05) is 6.92 Å². The molecule has 0 fully saturated rings. The molecular formula is C10H16N2O3. The van der Waals surface area contributed by atoms with E-state index in [1.54, 1.807) is 12.1 Å². The molecule has 0 radical (unpaired) electrons. The number of carbonyl (C=O) groups excluding carboxylic acids is 1. The molecule has 0 aliphatic heterocycles. The molecule has 1 heterocycles. The lowest BCUT2D eigenvalue weighted by atomic mass is 10.4. The van der Waals surface area contributed by atoms with Crippen molar-refractivity contribution < 1.29 is 13.9 Å². The van der Waals surface area contributed by atoms with Crippen molar-refractivity contribution in [2.75, 3.05) is 25.1 Å². The summed E-state index contributed by atoms with van der Waals surface area (Å²) in [5, 5.41) is 5.25. The van der Waals surface area contributed by atoms with Crippen molar-refractivity contribution in [2.45, 2.75) is 13.3 Å². The highest BCUT2D eigenvalue weighted by molar-refractivity contribution is 5.87. The molecule has 15 heavy (non-hydrogen) atoms. The molecule has 0 spiro atoms. The van der Waals surface area contributed by atoms with Gasteiger partial charge in [-0.3, -0.25) is 5.32 Å². The minimum absolute atomic E-state index is 0.263. The molecule has 2 N–H and O–H groups in total. The molecule has 0 saturated carbocycles. The molecule has 5 nitrogen and oxygen atoms in total. The van der Waals surface area contributed by atoms with Crippen LogP contribution in [0.2, 0.25) is 0 Å². The Balaban J connectivity index is 2.04. The van der Waals surface area contributed by atoms with Gasteiger partial charge in [0.15, 0.2) is 0 Å². The predicted molar refractivity (Wildman–Crippen MR) is 56.8 cm³/mol. The molecule has 1 rings (SSSR count). The van der Waals surface area contributed by atoms with E-state index >= 15 is 0 Å². The van der Waals surface area contributed by atoms with Crippen LogP contribution in [0.15, 0.2) is 22.8 Å². The Morgan fingerprint density at radius 3 is 3.13 bits per heavy atom. The van der Waals surface area contributed by atoms with Gasteiger partial charge in [-0.1, -0.05) is 0 Å². The van der Waals surface area contributed by atoms with Gasteiger partial charge in [-0.15, -0.1) is 0 Å². The summed E-state index contributed by atoms with van der Waals surface area (Å²) >= 11 is 0. The topological polar surface area (TPSA) is 63.5 Å². The van der Waals surface area contributed by atoms with Gasteiger partial charge in [0.1, 0.15) is 0 Å². The summed E-state index contributed by atoms with van der Waals surface area (Å²) in [6.07, 6.45) is 2.31. The third-order valence-corrected chi connectivity index (χ3v) is 1.71. The van der Waals surface area contributed by atoms with E-state index in [0.717, 1.165) is 6.42 Å². The first-order chi connectivity index (χ1) is 7.33. The summed E-state index contributed by atoms with van der Waals surface area (Å²) < 4.78 is 10.1. The van der Waals surface area contributed by atoms with Crippen LogP contribution in [0.1, 0.15) is 13.3 Å². The van der Waals surface area contributed by atoms with Gasteiger partial charge in [-0.25, -0.2) is 4.79 Å². The Labute approximate surface area is 88.8 Å². The minimum atomic E-state index is -0.263. The fourth-order valence-electron chi connectivity index (χ4n) is 1.03. The predicted octanol–water partition coefficient (Wildman–Crippen LogP) is 1.83. The van der Waals surface area contributed by atoms with Crippen LogP contribution in [0.3, 0.4) is 0 Å². The first-order valence-electron chi connectivity index (χ1n) is 4.99. The second-order valence-corrected chi connectivity index (χ2v) is 2.91. The second kappa shape index (κ2) is 6.89. The van der Waals surface area contributed by atoms with E-state index in [0.29, 0.717) is 25.6 Å². The highest BCUT2D eigenvalue weighted by Crippen LogP contribution is 2.05. The standard InChI is InChI=1S/C10H16N2O3/c1-2-14-7-4-6-11-10(13)12-9-5-3-8-15-9/h3,5,8H,2,4,6-7H2,1H3,(H2,11,12,13). The van der Waals surface area contributed by atoms with Crippen LogP contribution in [0.5, 0.6) is 0 Å². The number of anilines is 1. The summed E-state index contributed by atoms with van der Waals surface area (Å²) in [7, 11) is 0. The van der Waals surface area contributed by atoms with E-state index in [1.165, 1.54) is 6.26 Å². The molecule has 1 aromatic rings. The maximum atomic E-state index is 11.2. The smallest absolute Gasteiger partial charge is 0.321 e. The number of urea groups is 1. The van der Waals surface area contributed by atoms with Crippen LogP contribution in [0, 0.1) is 0 Å². The SMILES string of the molecule is CCOCCCNC(=O)Nc1ccco1. The van der Waals surface area contributed by atoms with Gasteiger partial charge < -0.3 is 14.5 Å². The van der Waals surface area contributed by atoms with Crippen LogP contribution in [0.4, 0.5) is 10.7 Å². The highest BCUT2D eigenvalue weighted by atomic mass is 16.5. The molecule has 84 valence electrons. The lowest BCUT2D eigenvalue weighted by Gasteiger charge is -2.05. The lowest BCUT2D eigenvalue weighted by Crippen LogP contribution is -2.29. The number of hydrogen-bond acceptors (Lipinski definition) is 3. The van der Waals surface area contributed by atoms with E-state index in [4.69, 9.17) is 9.15 Å². The molecule has 0 aromatic carbocycles. The molecule has 0 aliphatic carbocycles. The van der Waals surface area contributed by atoms with E-state index in [2.05, 4.69) is 10.6 Å². The second-order valence-electron chi connectivity index (χ2n) is 2.91. The van der Waals surface area contributed by atoms with Gasteiger partial charge in [-0.05, 0) is 19.4 Å².